The van der Waals surface area contributed by atoms with Crippen molar-refractivity contribution in [3.05, 3.63) is 0 Å². The quantitative estimate of drug-likeness (QED) is 0.430. The van der Waals surface area contributed by atoms with Gasteiger partial charge < -0.3 is 4.74 Å². The summed E-state index contributed by atoms with van der Waals surface area (Å²) in [5.41, 5.74) is -1.19. The van der Waals surface area contributed by atoms with Crippen molar-refractivity contribution in [2.75, 3.05) is 7.11 Å². The van der Waals surface area contributed by atoms with E-state index >= 15 is 0 Å². The molecule has 0 aromatic carbocycles. The van der Waals surface area contributed by atoms with E-state index in [4.69, 9.17) is 14.5 Å². The Bertz CT molecular complexity index is 341. The maximum atomic E-state index is 5.59. The Hall–Kier alpha value is -0.560. The number of methoxy groups -OCH3 is 1. The molecule has 0 atom stereocenters. The molecule has 19 heavy (non-hydrogen) atoms. The summed E-state index contributed by atoms with van der Waals surface area (Å²) in [7, 11) is 1.74. The zero-order valence-electron chi connectivity index (χ0n) is 13.3. The van der Waals surface area contributed by atoms with Crippen LogP contribution in [0.2, 0.25) is 0 Å². The van der Waals surface area contributed by atoms with Crippen molar-refractivity contribution in [1.82, 2.24) is 0 Å². The summed E-state index contributed by atoms with van der Waals surface area (Å²) in [6.45, 7) is 9.92. The van der Waals surface area contributed by atoms with Gasteiger partial charge in [-0.05, 0) is 59.8 Å². The van der Waals surface area contributed by atoms with Crippen LogP contribution in [0, 0.1) is 11.8 Å². The fourth-order valence-electron chi connectivity index (χ4n) is 1.89. The van der Waals surface area contributed by atoms with Crippen LogP contribution in [-0.2, 0) is 14.5 Å². The van der Waals surface area contributed by atoms with Crippen molar-refractivity contribution in [2.45, 2.75) is 83.5 Å². The van der Waals surface area contributed by atoms with Crippen LogP contribution in [-0.4, -0.2) is 23.9 Å². The Morgan fingerprint density at radius 2 is 1.63 bits per heavy atom. The van der Waals surface area contributed by atoms with Gasteiger partial charge in [-0.15, -0.1) is 0 Å². The van der Waals surface area contributed by atoms with Crippen molar-refractivity contribution in [3.8, 4) is 11.8 Å². The Morgan fingerprint density at radius 1 is 1.05 bits per heavy atom. The van der Waals surface area contributed by atoms with Gasteiger partial charge in [-0.25, -0.2) is 9.78 Å². The van der Waals surface area contributed by atoms with Crippen LogP contribution in [0.5, 0.6) is 0 Å². The van der Waals surface area contributed by atoms with Crippen molar-refractivity contribution < 1.29 is 14.5 Å². The number of ether oxygens (including phenoxy) is 1. The van der Waals surface area contributed by atoms with Crippen molar-refractivity contribution in [2.24, 2.45) is 0 Å². The zero-order chi connectivity index (χ0) is 14.6. The summed E-state index contributed by atoms with van der Waals surface area (Å²) in [6.07, 6.45) is 5.27. The second-order valence-electron chi connectivity index (χ2n) is 6.45. The van der Waals surface area contributed by atoms with Gasteiger partial charge in [0.2, 0.25) is 0 Å². The Morgan fingerprint density at radius 3 is 2.11 bits per heavy atom. The first-order valence-corrected chi connectivity index (χ1v) is 7.21. The average Bonchev–Trinajstić information content (AvgIpc) is 2.84. The highest BCUT2D eigenvalue weighted by Crippen LogP contribution is 2.32. The second kappa shape index (κ2) is 6.26. The van der Waals surface area contributed by atoms with E-state index < -0.39 is 5.60 Å². The molecule has 1 saturated carbocycles. The number of hydrogen-bond acceptors (Lipinski definition) is 3. The summed E-state index contributed by atoms with van der Waals surface area (Å²) in [5.74, 6) is 6.43. The Kier molecular flexibility index (Phi) is 5.43. The van der Waals surface area contributed by atoms with Gasteiger partial charge in [0.05, 0.1) is 5.60 Å². The van der Waals surface area contributed by atoms with Gasteiger partial charge in [-0.1, -0.05) is 18.8 Å². The molecule has 0 aliphatic heterocycles. The number of hydrogen-bond donors (Lipinski definition) is 0. The third-order valence-corrected chi connectivity index (χ3v) is 3.72. The summed E-state index contributed by atoms with van der Waals surface area (Å²) in [4.78, 5) is 11.0. The molecule has 1 fully saturated rings. The Labute approximate surface area is 117 Å². The third kappa shape index (κ3) is 5.14. The van der Waals surface area contributed by atoms with Crippen LogP contribution < -0.4 is 0 Å². The molecule has 3 nitrogen and oxygen atoms in total. The largest absolute Gasteiger partial charge is 0.366 e. The minimum absolute atomic E-state index is 0.277. The highest BCUT2D eigenvalue weighted by Gasteiger charge is 2.32. The molecule has 0 bridgehead atoms. The molecular formula is C16H28O3. The van der Waals surface area contributed by atoms with Crippen LogP contribution in [0.3, 0.4) is 0 Å². The normalized spacial score (nSPS) is 19.1. The predicted molar refractivity (Wildman–Crippen MR) is 76.6 cm³/mol. The van der Waals surface area contributed by atoms with Gasteiger partial charge in [-0.3, -0.25) is 0 Å². The van der Waals surface area contributed by atoms with Crippen LogP contribution in [0.4, 0.5) is 0 Å². The second-order valence-corrected chi connectivity index (χ2v) is 6.45. The summed E-state index contributed by atoms with van der Waals surface area (Å²) in [6, 6.07) is 0. The molecule has 1 aliphatic carbocycles. The maximum absolute atomic E-state index is 5.59. The lowest BCUT2D eigenvalue weighted by Gasteiger charge is -2.27. The van der Waals surface area contributed by atoms with E-state index in [1.54, 1.807) is 7.11 Å². The monoisotopic (exact) mass is 268 g/mol. The number of rotatable bonds is 5. The third-order valence-electron chi connectivity index (χ3n) is 3.72. The maximum Gasteiger partial charge on any atom is 0.158 e. The van der Waals surface area contributed by atoms with E-state index in [-0.39, 0.29) is 11.2 Å². The fraction of sp³-hybridized carbons (Fsp3) is 0.875. The van der Waals surface area contributed by atoms with E-state index in [9.17, 15) is 0 Å². The van der Waals surface area contributed by atoms with Crippen molar-refractivity contribution in [1.29, 1.82) is 0 Å². The van der Waals surface area contributed by atoms with Crippen molar-refractivity contribution >= 4 is 0 Å². The lowest BCUT2D eigenvalue weighted by molar-refractivity contribution is -0.388. The molecular weight excluding hydrogens is 240 g/mol. The molecule has 0 amide bonds. The molecule has 3 heteroatoms. The standard InChI is InChI=1S/C16H28O3/c1-7-14(2,3)18-19-15(4,5)12-13-16(17-6)10-8-9-11-16/h7-11H2,1-6H3. The van der Waals surface area contributed by atoms with Gasteiger partial charge in [0.25, 0.3) is 0 Å². The fourth-order valence-corrected chi connectivity index (χ4v) is 1.89. The highest BCUT2D eigenvalue weighted by atomic mass is 17.2. The van der Waals surface area contributed by atoms with Gasteiger partial charge in [0.15, 0.2) is 5.60 Å². The van der Waals surface area contributed by atoms with Crippen LogP contribution >= 0.6 is 0 Å². The van der Waals surface area contributed by atoms with Crippen LogP contribution in [0.1, 0.15) is 66.7 Å². The minimum Gasteiger partial charge on any atom is -0.366 e. The van der Waals surface area contributed by atoms with E-state index in [1.807, 2.05) is 27.7 Å². The minimum atomic E-state index is -0.624. The van der Waals surface area contributed by atoms with Gasteiger partial charge >= 0.3 is 0 Å². The lowest BCUT2D eigenvalue weighted by atomic mass is 10.0. The predicted octanol–water partition coefficient (Wildman–Crippen LogP) is 3.86. The smallest absolute Gasteiger partial charge is 0.158 e. The summed E-state index contributed by atoms with van der Waals surface area (Å²) < 4.78 is 5.59. The van der Waals surface area contributed by atoms with E-state index in [1.165, 1.54) is 12.8 Å². The van der Waals surface area contributed by atoms with Crippen LogP contribution in [0.15, 0.2) is 0 Å². The average molecular weight is 268 g/mol. The van der Waals surface area contributed by atoms with Crippen molar-refractivity contribution in [3.63, 3.8) is 0 Å². The van der Waals surface area contributed by atoms with Crippen LogP contribution in [0.25, 0.3) is 0 Å². The topological polar surface area (TPSA) is 27.7 Å². The van der Waals surface area contributed by atoms with Gasteiger partial charge in [-0.2, -0.15) is 0 Å². The molecule has 0 spiro atoms. The molecule has 0 heterocycles. The molecule has 0 N–H and O–H groups in total. The molecule has 0 saturated heterocycles. The van der Waals surface area contributed by atoms with Gasteiger partial charge in [0.1, 0.15) is 5.60 Å². The highest BCUT2D eigenvalue weighted by molar-refractivity contribution is 5.21. The SMILES string of the molecule is CCC(C)(C)OOC(C)(C)C#CC1(OC)CCCC1. The van der Waals surface area contributed by atoms with Gasteiger partial charge in [0, 0.05) is 7.11 Å². The molecule has 0 unspecified atom stereocenters. The summed E-state index contributed by atoms with van der Waals surface area (Å²) in [5, 5.41) is 0. The molecule has 0 aromatic rings. The molecule has 1 rings (SSSR count). The first kappa shape index (κ1) is 16.5. The Balaban J connectivity index is 2.64. The summed E-state index contributed by atoms with van der Waals surface area (Å²) >= 11 is 0. The molecule has 110 valence electrons. The van der Waals surface area contributed by atoms with E-state index in [2.05, 4.69) is 18.8 Å². The molecule has 1 aliphatic rings. The molecule has 0 radical (unpaired) electrons. The van der Waals surface area contributed by atoms with E-state index in [0.29, 0.717) is 0 Å². The first-order chi connectivity index (χ1) is 8.74. The lowest BCUT2D eigenvalue weighted by Crippen LogP contribution is -2.32. The zero-order valence-corrected chi connectivity index (χ0v) is 13.3. The van der Waals surface area contributed by atoms with E-state index in [0.717, 1.165) is 19.3 Å². The first-order valence-electron chi connectivity index (χ1n) is 7.21. The molecule has 0 aromatic heterocycles.